The number of rotatable bonds is 3. The fraction of sp³-hybridized carbons (Fsp3) is 0.500. The van der Waals surface area contributed by atoms with Crippen LogP contribution in [0.4, 0.5) is 0 Å². The molecule has 0 aromatic heterocycles. The standard InChI is InChI=1S/C12H17ClN2O2S/c13-11-1-3-12(4-2-11)18(16,17)15-7-5-10(9-14)6-8-15/h1-4,10H,5-9,14H2. The molecule has 0 bridgehead atoms. The minimum atomic E-state index is -3.38. The van der Waals surface area contributed by atoms with Crippen LogP contribution in [0.2, 0.25) is 5.02 Å². The smallest absolute Gasteiger partial charge is 0.243 e. The first-order valence-electron chi connectivity index (χ1n) is 6.00. The zero-order chi connectivity index (χ0) is 13.2. The minimum Gasteiger partial charge on any atom is -0.330 e. The molecule has 2 N–H and O–H groups in total. The van der Waals surface area contributed by atoms with Gasteiger partial charge in [-0.1, -0.05) is 11.6 Å². The summed E-state index contributed by atoms with van der Waals surface area (Å²) in [5.74, 6) is 0.446. The van der Waals surface area contributed by atoms with Gasteiger partial charge in [-0.3, -0.25) is 0 Å². The van der Waals surface area contributed by atoms with Crippen molar-refractivity contribution in [3.05, 3.63) is 29.3 Å². The van der Waals surface area contributed by atoms with Gasteiger partial charge in [-0.25, -0.2) is 8.42 Å². The van der Waals surface area contributed by atoms with Gasteiger partial charge in [-0.15, -0.1) is 0 Å². The largest absolute Gasteiger partial charge is 0.330 e. The number of nitrogens with zero attached hydrogens (tertiary/aromatic N) is 1. The summed E-state index contributed by atoms with van der Waals surface area (Å²) < 4.78 is 26.2. The van der Waals surface area contributed by atoms with Crippen molar-refractivity contribution in [3.8, 4) is 0 Å². The molecular formula is C12H17ClN2O2S. The average molecular weight is 289 g/mol. The summed E-state index contributed by atoms with van der Waals surface area (Å²) in [6.07, 6.45) is 1.67. The monoisotopic (exact) mass is 288 g/mol. The summed E-state index contributed by atoms with van der Waals surface area (Å²) in [5.41, 5.74) is 5.60. The van der Waals surface area contributed by atoms with Crippen LogP contribution >= 0.6 is 11.6 Å². The van der Waals surface area contributed by atoms with E-state index in [1.807, 2.05) is 0 Å². The number of benzene rings is 1. The van der Waals surface area contributed by atoms with Crippen molar-refractivity contribution < 1.29 is 8.42 Å². The minimum absolute atomic E-state index is 0.304. The highest BCUT2D eigenvalue weighted by molar-refractivity contribution is 7.89. The van der Waals surface area contributed by atoms with Crippen LogP contribution in [0, 0.1) is 5.92 Å². The van der Waals surface area contributed by atoms with E-state index in [0.717, 1.165) is 12.8 Å². The maximum atomic E-state index is 12.3. The Bertz CT molecular complexity index is 493. The Kier molecular flexibility index (Phi) is 4.27. The van der Waals surface area contributed by atoms with Gasteiger partial charge in [0.2, 0.25) is 10.0 Å². The van der Waals surface area contributed by atoms with Gasteiger partial charge >= 0.3 is 0 Å². The van der Waals surface area contributed by atoms with Crippen molar-refractivity contribution in [2.75, 3.05) is 19.6 Å². The zero-order valence-electron chi connectivity index (χ0n) is 10.0. The molecule has 1 aromatic rings. The molecule has 0 spiro atoms. The number of hydrogen-bond donors (Lipinski definition) is 1. The van der Waals surface area contributed by atoms with Crippen molar-refractivity contribution >= 4 is 21.6 Å². The maximum Gasteiger partial charge on any atom is 0.243 e. The predicted octanol–water partition coefficient (Wildman–Crippen LogP) is 1.70. The molecule has 1 aliphatic rings. The van der Waals surface area contributed by atoms with E-state index in [2.05, 4.69) is 0 Å². The molecule has 1 heterocycles. The van der Waals surface area contributed by atoms with Gasteiger partial charge < -0.3 is 5.73 Å². The zero-order valence-corrected chi connectivity index (χ0v) is 11.6. The summed E-state index contributed by atoms with van der Waals surface area (Å²) in [5, 5.41) is 0.538. The lowest BCUT2D eigenvalue weighted by Crippen LogP contribution is -2.39. The molecule has 0 aliphatic carbocycles. The molecule has 0 saturated carbocycles. The molecule has 1 aromatic carbocycles. The van der Waals surface area contributed by atoms with E-state index >= 15 is 0 Å². The van der Waals surface area contributed by atoms with E-state index in [9.17, 15) is 8.42 Å². The molecule has 0 radical (unpaired) electrons. The van der Waals surface area contributed by atoms with E-state index in [4.69, 9.17) is 17.3 Å². The molecule has 0 amide bonds. The Balaban J connectivity index is 2.15. The third-order valence-corrected chi connectivity index (χ3v) is 5.52. The van der Waals surface area contributed by atoms with Crippen LogP contribution in [0.25, 0.3) is 0 Å². The Morgan fingerprint density at radius 3 is 2.28 bits per heavy atom. The van der Waals surface area contributed by atoms with E-state index in [0.29, 0.717) is 35.5 Å². The first kappa shape index (κ1) is 13.8. The Morgan fingerprint density at radius 1 is 1.22 bits per heavy atom. The van der Waals surface area contributed by atoms with Crippen LogP contribution in [-0.2, 0) is 10.0 Å². The summed E-state index contributed by atoms with van der Waals surface area (Å²) in [7, 11) is -3.38. The van der Waals surface area contributed by atoms with Gasteiger partial charge in [0.05, 0.1) is 4.90 Å². The van der Waals surface area contributed by atoms with Gasteiger partial charge in [0.1, 0.15) is 0 Å². The molecule has 100 valence electrons. The topological polar surface area (TPSA) is 63.4 Å². The second-order valence-electron chi connectivity index (χ2n) is 4.54. The highest BCUT2D eigenvalue weighted by Gasteiger charge is 2.28. The van der Waals surface area contributed by atoms with Crippen molar-refractivity contribution in [1.29, 1.82) is 0 Å². The van der Waals surface area contributed by atoms with E-state index in [1.54, 1.807) is 24.3 Å². The van der Waals surface area contributed by atoms with Gasteiger partial charge in [0, 0.05) is 18.1 Å². The second-order valence-corrected chi connectivity index (χ2v) is 6.91. The SMILES string of the molecule is NCC1CCN(S(=O)(=O)c2ccc(Cl)cc2)CC1. The molecule has 1 saturated heterocycles. The van der Waals surface area contributed by atoms with E-state index in [-0.39, 0.29) is 0 Å². The quantitative estimate of drug-likeness (QED) is 0.921. The first-order valence-corrected chi connectivity index (χ1v) is 7.81. The van der Waals surface area contributed by atoms with E-state index in [1.165, 1.54) is 4.31 Å². The molecule has 0 atom stereocenters. The number of hydrogen-bond acceptors (Lipinski definition) is 3. The number of piperidine rings is 1. The molecule has 4 nitrogen and oxygen atoms in total. The molecule has 18 heavy (non-hydrogen) atoms. The summed E-state index contributed by atoms with van der Waals surface area (Å²) >= 11 is 5.76. The lowest BCUT2D eigenvalue weighted by molar-refractivity contribution is 0.278. The molecule has 0 unspecified atom stereocenters. The Hall–Kier alpha value is -0.620. The van der Waals surface area contributed by atoms with Crippen LogP contribution in [0.5, 0.6) is 0 Å². The van der Waals surface area contributed by atoms with Crippen LogP contribution in [0.1, 0.15) is 12.8 Å². The lowest BCUT2D eigenvalue weighted by atomic mass is 9.99. The highest BCUT2D eigenvalue weighted by Crippen LogP contribution is 2.24. The summed E-state index contributed by atoms with van der Waals surface area (Å²) in [4.78, 5) is 0.304. The molecule has 1 fully saturated rings. The highest BCUT2D eigenvalue weighted by atomic mass is 35.5. The van der Waals surface area contributed by atoms with Gasteiger partial charge in [0.25, 0.3) is 0 Å². The van der Waals surface area contributed by atoms with Gasteiger partial charge in [-0.2, -0.15) is 4.31 Å². The van der Waals surface area contributed by atoms with E-state index < -0.39 is 10.0 Å². The van der Waals surface area contributed by atoms with Gasteiger partial charge in [-0.05, 0) is 49.6 Å². The average Bonchev–Trinajstić information content (AvgIpc) is 2.39. The van der Waals surface area contributed by atoms with Crippen LogP contribution in [0.3, 0.4) is 0 Å². The number of nitrogens with two attached hydrogens (primary N) is 1. The summed E-state index contributed by atoms with van der Waals surface area (Å²) in [6, 6.07) is 6.29. The molecule has 1 aliphatic heterocycles. The van der Waals surface area contributed by atoms with Crippen molar-refractivity contribution in [2.45, 2.75) is 17.7 Å². The van der Waals surface area contributed by atoms with Crippen LogP contribution < -0.4 is 5.73 Å². The third kappa shape index (κ3) is 2.85. The fourth-order valence-corrected chi connectivity index (χ4v) is 3.74. The first-order chi connectivity index (χ1) is 8.54. The fourth-order valence-electron chi connectivity index (χ4n) is 2.14. The lowest BCUT2D eigenvalue weighted by Gasteiger charge is -2.30. The molecule has 6 heteroatoms. The summed E-state index contributed by atoms with van der Waals surface area (Å²) in [6.45, 7) is 1.73. The predicted molar refractivity (Wildman–Crippen MR) is 72.0 cm³/mol. The normalized spacial score (nSPS) is 19.0. The van der Waals surface area contributed by atoms with Crippen molar-refractivity contribution in [1.82, 2.24) is 4.31 Å². The third-order valence-electron chi connectivity index (χ3n) is 3.36. The van der Waals surface area contributed by atoms with Gasteiger partial charge in [0.15, 0.2) is 0 Å². The van der Waals surface area contributed by atoms with Crippen LogP contribution in [0.15, 0.2) is 29.2 Å². The molecular weight excluding hydrogens is 272 g/mol. The van der Waals surface area contributed by atoms with Crippen molar-refractivity contribution in [3.63, 3.8) is 0 Å². The van der Waals surface area contributed by atoms with Crippen LogP contribution in [-0.4, -0.2) is 32.4 Å². The second kappa shape index (κ2) is 5.57. The van der Waals surface area contributed by atoms with Crippen molar-refractivity contribution in [2.24, 2.45) is 11.7 Å². The maximum absolute atomic E-state index is 12.3. The number of halogens is 1. The number of sulfonamides is 1. The Labute approximate surface area is 113 Å². The molecule has 2 rings (SSSR count). The Morgan fingerprint density at radius 2 is 1.78 bits per heavy atom.